The number of hydrogen-bond acceptors (Lipinski definition) is 3. The van der Waals surface area contributed by atoms with Gasteiger partial charge in [0, 0.05) is 17.4 Å². The minimum Gasteiger partial charge on any atom is -0.458 e. The van der Waals surface area contributed by atoms with Crippen molar-refractivity contribution in [3.63, 3.8) is 0 Å². The summed E-state index contributed by atoms with van der Waals surface area (Å²) in [4.78, 5) is 11.7. The molecular formula is C15H20O3. The molecule has 3 rings (SSSR count). The second kappa shape index (κ2) is 3.70. The van der Waals surface area contributed by atoms with Crippen LogP contribution in [-0.2, 0) is 9.53 Å². The van der Waals surface area contributed by atoms with Crippen molar-refractivity contribution in [3.8, 4) is 0 Å². The van der Waals surface area contributed by atoms with Gasteiger partial charge in [-0.1, -0.05) is 32.6 Å². The standard InChI is InChI=1S/C15H20O3/c1-8-10-4-6-15(3)7-5-11(16)9(2)12(15)13(10)18-14(8)17/h5,7,9-13,16H,1,4,6H2,2-3H3/t9-,10-,11?,12+,13-,15-/m0/s1. The van der Waals surface area contributed by atoms with Crippen molar-refractivity contribution in [2.24, 2.45) is 23.2 Å². The van der Waals surface area contributed by atoms with E-state index in [4.69, 9.17) is 4.74 Å². The number of hydrogen-bond donors (Lipinski definition) is 1. The molecule has 6 atom stereocenters. The van der Waals surface area contributed by atoms with Crippen molar-refractivity contribution in [2.45, 2.75) is 38.9 Å². The van der Waals surface area contributed by atoms with E-state index in [0.717, 1.165) is 12.8 Å². The molecule has 1 unspecified atom stereocenters. The average Bonchev–Trinajstić information content (AvgIpc) is 2.60. The molecule has 1 aliphatic heterocycles. The van der Waals surface area contributed by atoms with Gasteiger partial charge in [0.1, 0.15) is 6.10 Å². The van der Waals surface area contributed by atoms with Crippen LogP contribution in [0, 0.1) is 23.2 Å². The van der Waals surface area contributed by atoms with E-state index in [9.17, 15) is 9.90 Å². The molecular weight excluding hydrogens is 228 g/mol. The van der Waals surface area contributed by atoms with Crippen molar-refractivity contribution in [1.29, 1.82) is 0 Å². The highest BCUT2D eigenvalue weighted by molar-refractivity contribution is 5.90. The van der Waals surface area contributed by atoms with Gasteiger partial charge in [-0.3, -0.25) is 0 Å². The van der Waals surface area contributed by atoms with Crippen molar-refractivity contribution < 1.29 is 14.6 Å². The van der Waals surface area contributed by atoms with Gasteiger partial charge < -0.3 is 9.84 Å². The number of carbonyl (C=O) groups is 1. The summed E-state index contributed by atoms with van der Waals surface area (Å²) >= 11 is 0. The Bertz CT molecular complexity index is 439. The van der Waals surface area contributed by atoms with E-state index in [2.05, 4.69) is 19.6 Å². The number of carbonyl (C=O) groups excluding carboxylic acids is 1. The Kier molecular flexibility index (Phi) is 2.46. The van der Waals surface area contributed by atoms with Crippen LogP contribution in [-0.4, -0.2) is 23.3 Å². The van der Waals surface area contributed by atoms with E-state index < -0.39 is 6.10 Å². The van der Waals surface area contributed by atoms with E-state index in [1.807, 2.05) is 13.0 Å². The van der Waals surface area contributed by atoms with Crippen molar-refractivity contribution >= 4 is 5.97 Å². The number of fused-ring (bicyclic) bond motifs is 3. The number of aliphatic hydroxyl groups excluding tert-OH is 1. The van der Waals surface area contributed by atoms with Gasteiger partial charge in [-0.2, -0.15) is 0 Å². The van der Waals surface area contributed by atoms with Crippen LogP contribution >= 0.6 is 0 Å². The van der Waals surface area contributed by atoms with Gasteiger partial charge in [-0.05, 0) is 24.2 Å². The Labute approximate surface area is 108 Å². The number of ether oxygens (including phenoxy) is 1. The Morgan fingerprint density at radius 1 is 1.56 bits per heavy atom. The van der Waals surface area contributed by atoms with E-state index in [1.54, 1.807) is 0 Å². The third kappa shape index (κ3) is 1.43. The molecule has 0 aromatic rings. The molecule has 1 saturated heterocycles. The molecule has 2 aliphatic carbocycles. The summed E-state index contributed by atoms with van der Waals surface area (Å²) in [6.07, 6.45) is 5.46. The minimum absolute atomic E-state index is 0.0325. The van der Waals surface area contributed by atoms with Crippen LogP contribution in [0.4, 0.5) is 0 Å². The highest BCUT2D eigenvalue weighted by atomic mass is 16.6. The molecule has 1 N–H and O–H groups in total. The van der Waals surface area contributed by atoms with Crippen molar-refractivity contribution in [1.82, 2.24) is 0 Å². The summed E-state index contributed by atoms with van der Waals surface area (Å²) in [5, 5.41) is 10.0. The van der Waals surface area contributed by atoms with Crippen LogP contribution in [0.5, 0.6) is 0 Å². The zero-order valence-electron chi connectivity index (χ0n) is 10.9. The minimum atomic E-state index is -0.436. The van der Waals surface area contributed by atoms with E-state index >= 15 is 0 Å². The molecule has 98 valence electrons. The second-order valence-corrected chi connectivity index (χ2v) is 6.28. The average molecular weight is 248 g/mol. The first-order valence-corrected chi connectivity index (χ1v) is 6.71. The predicted molar refractivity (Wildman–Crippen MR) is 67.7 cm³/mol. The topological polar surface area (TPSA) is 46.5 Å². The number of allylic oxidation sites excluding steroid dienone is 1. The van der Waals surface area contributed by atoms with Crippen LogP contribution in [0.2, 0.25) is 0 Å². The fourth-order valence-corrected chi connectivity index (χ4v) is 4.10. The summed E-state index contributed by atoms with van der Waals surface area (Å²) in [6, 6.07) is 0. The first-order chi connectivity index (χ1) is 8.44. The van der Waals surface area contributed by atoms with Crippen molar-refractivity contribution in [2.75, 3.05) is 0 Å². The molecule has 1 saturated carbocycles. The first kappa shape index (κ1) is 12.0. The van der Waals surface area contributed by atoms with E-state index in [-0.39, 0.29) is 35.2 Å². The van der Waals surface area contributed by atoms with Crippen LogP contribution in [0.3, 0.4) is 0 Å². The van der Waals surface area contributed by atoms with Crippen LogP contribution in [0.1, 0.15) is 26.7 Å². The number of esters is 1. The molecule has 18 heavy (non-hydrogen) atoms. The molecule has 1 heterocycles. The van der Waals surface area contributed by atoms with Crippen LogP contribution in [0.25, 0.3) is 0 Å². The Hall–Kier alpha value is -1.09. The lowest BCUT2D eigenvalue weighted by Gasteiger charge is -2.50. The number of rotatable bonds is 0. The Balaban J connectivity index is 2.00. The van der Waals surface area contributed by atoms with Crippen molar-refractivity contribution in [3.05, 3.63) is 24.3 Å². The fraction of sp³-hybridized carbons (Fsp3) is 0.667. The predicted octanol–water partition coefficient (Wildman–Crippen LogP) is 2.07. The van der Waals surface area contributed by atoms with Crippen LogP contribution in [0.15, 0.2) is 24.3 Å². The molecule has 0 aromatic heterocycles. The monoisotopic (exact) mass is 248 g/mol. The van der Waals surface area contributed by atoms with E-state index in [1.165, 1.54) is 0 Å². The quantitative estimate of drug-likeness (QED) is 0.405. The molecule has 3 aliphatic rings. The van der Waals surface area contributed by atoms with Gasteiger partial charge in [-0.15, -0.1) is 0 Å². The summed E-state index contributed by atoms with van der Waals surface area (Å²) in [7, 11) is 0. The second-order valence-electron chi connectivity index (χ2n) is 6.28. The molecule has 3 nitrogen and oxygen atoms in total. The smallest absolute Gasteiger partial charge is 0.334 e. The van der Waals surface area contributed by atoms with E-state index in [0.29, 0.717) is 5.57 Å². The Morgan fingerprint density at radius 2 is 2.28 bits per heavy atom. The molecule has 0 radical (unpaired) electrons. The maximum atomic E-state index is 11.7. The molecule has 0 spiro atoms. The molecule has 0 bridgehead atoms. The highest BCUT2D eigenvalue weighted by Crippen LogP contribution is 2.55. The van der Waals surface area contributed by atoms with Gasteiger partial charge in [0.25, 0.3) is 0 Å². The zero-order chi connectivity index (χ0) is 13.1. The molecule has 3 heteroatoms. The normalized spacial score (nSPS) is 50.7. The SMILES string of the molecule is C=C1C(=O)O[C@@H]2[C@H]3[C@@H](C)C(O)C=C[C@]3(C)CC[C@@H]12. The third-order valence-corrected chi connectivity index (χ3v) is 5.24. The largest absolute Gasteiger partial charge is 0.458 e. The molecule has 0 amide bonds. The lowest BCUT2D eigenvalue weighted by Crippen LogP contribution is -2.50. The lowest BCUT2D eigenvalue weighted by molar-refractivity contribution is -0.149. The van der Waals surface area contributed by atoms with Gasteiger partial charge in [0.05, 0.1) is 6.10 Å². The third-order valence-electron chi connectivity index (χ3n) is 5.24. The summed E-state index contributed by atoms with van der Waals surface area (Å²) in [5.74, 6) is 0.216. The van der Waals surface area contributed by atoms with Gasteiger partial charge in [0.15, 0.2) is 0 Å². The summed E-state index contributed by atoms with van der Waals surface area (Å²) in [5.41, 5.74) is 0.656. The number of aliphatic hydroxyl groups is 1. The fourth-order valence-electron chi connectivity index (χ4n) is 4.10. The maximum absolute atomic E-state index is 11.7. The maximum Gasteiger partial charge on any atom is 0.334 e. The summed E-state index contributed by atoms with van der Waals surface area (Å²) < 4.78 is 5.55. The lowest BCUT2D eigenvalue weighted by atomic mass is 9.55. The first-order valence-electron chi connectivity index (χ1n) is 6.71. The molecule has 0 aromatic carbocycles. The van der Waals surface area contributed by atoms with Gasteiger partial charge >= 0.3 is 5.97 Å². The Morgan fingerprint density at radius 3 is 3.00 bits per heavy atom. The zero-order valence-corrected chi connectivity index (χ0v) is 10.9. The highest BCUT2D eigenvalue weighted by Gasteiger charge is 2.56. The van der Waals surface area contributed by atoms with Gasteiger partial charge in [0.2, 0.25) is 0 Å². The van der Waals surface area contributed by atoms with Crippen LogP contribution < -0.4 is 0 Å². The van der Waals surface area contributed by atoms with Gasteiger partial charge in [-0.25, -0.2) is 4.79 Å². The summed E-state index contributed by atoms with van der Waals surface area (Å²) in [6.45, 7) is 8.13. The molecule has 2 fully saturated rings.